The molecule has 0 radical (unpaired) electrons. The fourth-order valence-corrected chi connectivity index (χ4v) is 16.0. The maximum absolute atomic E-state index is 2.96. The molecule has 4 aliphatic heterocycles. The molecule has 4 atom stereocenters. The maximum atomic E-state index is 2.96. The van der Waals surface area contributed by atoms with Gasteiger partial charge >= 0.3 is 0 Å². The first kappa shape index (κ1) is 38.7. The van der Waals surface area contributed by atoms with Gasteiger partial charge in [0.1, 0.15) is 0 Å². The molecule has 0 saturated heterocycles. The minimum atomic E-state index is -1.78. The highest BCUT2D eigenvalue weighted by Gasteiger charge is 2.65. The molecule has 316 valence electrons. The molecule has 7 aromatic rings. The van der Waals surface area contributed by atoms with Crippen LogP contribution in [0.25, 0.3) is 0 Å². The van der Waals surface area contributed by atoms with Crippen LogP contribution in [-0.2, 0) is 10.8 Å². The molecular weight excluding hydrogens is 790 g/mol. The van der Waals surface area contributed by atoms with Gasteiger partial charge in [-0.15, -0.1) is 0 Å². The molecule has 7 aromatic carbocycles. The number of rotatable bonds is 5. The Labute approximate surface area is 381 Å². The molecule has 0 spiro atoms. The summed E-state index contributed by atoms with van der Waals surface area (Å²) in [5.74, 6) is 0. The molecule has 0 bridgehead atoms. The molecule has 13 rings (SSSR count). The van der Waals surface area contributed by atoms with Gasteiger partial charge in [0.25, 0.3) is 6.71 Å². The lowest BCUT2D eigenvalue weighted by Crippen LogP contribution is -2.65. The Bertz CT molecular complexity index is 3020. The van der Waals surface area contributed by atoms with Gasteiger partial charge in [0.05, 0.1) is 19.2 Å². The van der Waals surface area contributed by atoms with E-state index < -0.39 is 8.07 Å². The van der Waals surface area contributed by atoms with Crippen LogP contribution >= 0.6 is 0 Å². The molecule has 5 heteroatoms. The Morgan fingerprint density at radius 3 is 1.64 bits per heavy atom. The zero-order valence-electron chi connectivity index (χ0n) is 38.2. The van der Waals surface area contributed by atoms with Gasteiger partial charge in [0.15, 0.2) is 0 Å². The number of para-hydroxylation sites is 3. The third kappa shape index (κ3) is 4.74. The van der Waals surface area contributed by atoms with Crippen molar-refractivity contribution >= 4 is 76.2 Å². The highest BCUT2D eigenvalue weighted by molar-refractivity contribution is 7.01. The number of nitrogens with zero attached hydrogens (tertiary/aromatic N) is 3. The number of hydrogen-bond acceptors (Lipinski definition) is 3. The monoisotopic (exact) mass is 847 g/mol. The van der Waals surface area contributed by atoms with Crippen LogP contribution in [-0.4, -0.2) is 25.9 Å². The van der Waals surface area contributed by atoms with E-state index in [0.717, 1.165) is 25.7 Å². The summed E-state index contributed by atoms with van der Waals surface area (Å²) in [6.07, 6.45) is 9.48. The molecule has 4 unspecified atom stereocenters. The molecule has 64 heavy (non-hydrogen) atoms. The zero-order valence-corrected chi connectivity index (χ0v) is 39.2. The van der Waals surface area contributed by atoms with Crippen LogP contribution in [0.3, 0.4) is 0 Å². The molecule has 4 heterocycles. The number of benzene rings is 7. The predicted octanol–water partition coefficient (Wildman–Crippen LogP) is 12.4. The number of fused-ring (bicyclic) bond motifs is 10. The smallest absolute Gasteiger partial charge is 0.252 e. The summed E-state index contributed by atoms with van der Waals surface area (Å²) < 4.78 is 0. The third-order valence-electron chi connectivity index (χ3n) is 17.5. The Balaban J connectivity index is 1.17. The van der Waals surface area contributed by atoms with Gasteiger partial charge in [0.2, 0.25) is 0 Å². The van der Waals surface area contributed by atoms with Gasteiger partial charge in [-0.05, 0) is 115 Å². The Morgan fingerprint density at radius 2 is 0.984 bits per heavy atom. The van der Waals surface area contributed by atoms with E-state index >= 15 is 0 Å². The summed E-state index contributed by atoms with van der Waals surface area (Å²) in [6.45, 7) is 13.0. The second-order valence-corrected chi connectivity index (χ2v) is 26.5. The van der Waals surface area contributed by atoms with Crippen molar-refractivity contribution in [2.75, 3.05) is 14.7 Å². The Hall–Kier alpha value is -5.78. The summed E-state index contributed by atoms with van der Waals surface area (Å²) in [5, 5.41) is 1.58. The minimum Gasteiger partial charge on any atom is -0.335 e. The highest BCUT2D eigenvalue weighted by atomic mass is 28.3. The molecular formula is C59H58BN3Si. The third-order valence-corrected chi connectivity index (χ3v) is 19.6. The van der Waals surface area contributed by atoms with Crippen LogP contribution in [0.1, 0.15) is 87.5 Å². The number of anilines is 7. The Morgan fingerprint density at radius 1 is 0.453 bits per heavy atom. The van der Waals surface area contributed by atoms with Crippen molar-refractivity contribution in [1.29, 1.82) is 0 Å². The molecule has 2 fully saturated rings. The maximum Gasteiger partial charge on any atom is 0.252 e. The summed E-state index contributed by atoms with van der Waals surface area (Å²) in [5.41, 5.74) is 19.1. The summed E-state index contributed by atoms with van der Waals surface area (Å²) in [4.78, 5) is 8.43. The molecule has 0 N–H and O–H groups in total. The average molecular weight is 848 g/mol. The van der Waals surface area contributed by atoms with Gasteiger partial charge in [-0.3, -0.25) is 0 Å². The zero-order chi connectivity index (χ0) is 43.2. The fraction of sp³-hybridized carbons (Fsp3) is 0.288. The van der Waals surface area contributed by atoms with E-state index in [0.29, 0.717) is 0 Å². The first-order chi connectivity index (χ1) is 31.1. The van der Waals surface area contributed by atoms with Crippen molar-refractivity contribution in [2.24, 2.45) is 0 Å². The van der Waals surface area contributed by atoms with Crippen LogP contribution < -0.4 is 36.3 Å². The van der Waals surface area contributed by atoms with Crippen molar-refractivity contribution in [3.8, 4) is 0 Å². The SMILES string of the molecule is CC12CCCCC1(c1ccccc1)c1ccccc1N2c1cc2c3c(c1)N1c4c(cc([Si](C)(C)C)cc4C4(c5ccccc5)CCCCC14C)B3c1ccccc1N2c1ccccc1. The molecule has 3 nitrogen and oxygen atoms in total. The lowest BCUT2D eigenvalue weighted by molar-refractivity contribution is 0.214. The lowest BCUT2D eigenvalue weighted by atomic mass is 9.33. The molecule has 0 aromatic heterocycles. The highest BCUT2D eigenvalue weighted by Crippen LogP contribution is 2.67. The van der Waals surface area contributed by atoms with Crippen molar-refractivity contribution in [3.05, 3.63) is 186 Å². The van der Waals surface area contributed by atoms with E-state index in [1.165, 1.54) is 98.6 Å². The van der Waals surface area contributed by atoms with Gasteiger partial charge in [0, 0.05) is 50.6 Å². The fourth-order valence-electron chi connectivity index (χ4n) is 14.8. The summed E-state index contributed by atoms with van der Waals surface area (Å²) >= 11 is 0. The van der Waals surface area contributed by atoms with E-state index in [9.17, 15) is 0 Å². The second-order valence-electron chi connectivity index (χ2n) is 21.5. The first-order valence-corrected chi connectivity index (χ1v) is 27.7. The normalized spacial score (nSPS) is 25.8. The largest absolute Gasteiger partial charge is 0.335 e. The first-order valence-electron chi connectivity index (χ1n) is 24.2. The van der Waals surface area contributed by atoms with Crippen LogP contribution in [0, 0.1) is 0 Å². The topological polar surface area (TPSA) is 9.72 Å². The van der Waals surface area contributed by atoms with E-state index in [-0.39, 0.29) is 28.6 Å². The van der Waals surface area contributed by atoms with Crippen molar-refractivity contribution in [3.63, 3.8) is 0 Å². The van der Waals surface area contributed by atoms with E-state index in [1.54, 1.807) is 10.8 Å². The lowest BCUT2D eigenvalue weighted by Gasteiger charge is -2.55. The van der Waals surface area contributed by atoms with E-state index in [4.69, 9.17) is 0 Å². The standard InChI is InChI=1S/C59H58BN3Si/c1-56-33-19-21-35-58(56,41-23-9-6-10-24-41)46-29-15-17-31-50(46)62(56)44-37-52-54-53(38-44)63-55-47(59(42-25-11-7-12-26-42)36-22-20-34-57(59,63)2)39-45(64(3,4)5)40-49(55)60(54)48-30-16-18-32-51(48)61(52)43-27-13-8-14-28-43/h6-18,23-32,37-40H,19-22,33-36H2,1-5H3. The Kier molecular flexibility index (Phi) is 8.09. The quantitative estimate of drug-likeness (QED) is 0.160. The van der Waals surface area contributed by atoms with Crippen LogP contribution in [0.4, 0.5) is 39.8 Å². The van der Waals surface area contributed by atoms with Gasteiger partial charge in [-0.2, -0.15) is 0 Å². The van der Waals surface area contributed by atoms with Crippen LogP contribution in [0.2, 0.25) is 19.6 Å². The van der Waals surface area contributed by atoms with E-state index in [1.807, 2.05) is 0 Å². The van der Waals surface area contributed by atoms with Gasteiger partial charge in [-0.25, -0.2) is 0 Å². The molecule has 2 saturated carbocycles. The van der Waals surface area contributed by atoms with Gasteiger partial charge < -0.3 is 14.7 Å². The predicted molar refractivity (Wildman–Crippen MR) is 274 cm³/mol. The van der Waals surface area contributed by atoms with Crippen molar-refractivity contribution in [2.45, 2.75) is 107 Å². The average Bonchev–Trinajstić information content (AvgIpc) is 3.72. The van der Waals surface area contributed by atoms with Crippen LogP contribution in [0.15, 0.2) is 164 Å². The summed E-state index contributed by atoms with van der Waals surface area (Å²) in [6, 6.07) is 64.2. The van der Waals surface area contributed by atoms with Gasteiger partial charge in [-0.1, -0.05) is 178 Å². The number of hydrogen-bond donors (Lipinski definition) is 0. The minimum absolute atomic E-state index is 0.104. The second kappa shape index (κ2) is 13.4. The van der Waals surface area contributed by atoms with E-state index in [2.05, 4.69) is 212 Å². The molecule has 6 aliphatic rings. The molecule has 2 aliphatic carbocycles. The molecule has 0 amide bonds. The van der Waals surface area contributed by atoms with Crippen LogP contribution in [0.5, 0.6) is 0 Å². The summed E-state index contributed by atoms with van der Waals surface area (Å²) in [7, 11) is -1.78. The van der Waals surface area contributed by atoms with Crippen molar-refractivity contribution < 1.29 is 0 Å². The van der Waals surface area contributed by atoms with Crippen molar-refractivity contribution in [1.82, 2.24) is 0 Å².